The molecule has 0 amide bonds. The first-order valence-electron chi connectivity index (χ1n) is 4.76. The van der Waals surface area contributed by atoms with Crippen molar-refractivity contribution in [2.24, 2.45) is 0 Å². The third-order valence-electron chi connectivity index (χ3n) is 1.95. The largest absolute Gasteiger partial charge is 0.506 e. The molecular formula is C12H11ClO4. The van der Waals surface area contributed by atoms with Gasteiger partial charge in [-0.2, -0.15) is 0 Å². The molecule has 0 aliphatic rings. The highest BCUT2D eigenvalue weighted by molar-refractivity contribution is 6.32. The zero-order chi connectivity index (χ0) is 13.0. The quantitative estimate of drug-likeness (QED) is 0.509. The molecule has 0 saturated carbocycles. The number of hydrogen-bond acceptors (Lipinski definition) is 4. The lowest BCUT2D eigenvalue weighted by atomic mass is 10.1. The Morgan fingerprint density at radius 1 is 1.47 bits per heavy atom. The molecule has 5 heteroatoms. The lowest BCUT2D eigenvalue weighted by Gasteiger charge is -2.04. The van der Waals surface area contributed by atoms with Crippen molar-refractivity contribution in [2.45, 2.75) is 6.92 Å². The lowest BCUT2D eigenvalue weighted by Crippen LogP contribution is -2.14. The lowest BCUT2D eigenvalue weighted by molar-refractivity contribution is -0.137. The molecule has 0 aromatic heterocycles. The van der Waals surface area contributed by atoms with Gasteiger partial charge in [0.1, 0.15) is 5.75 Å². The molecule has 0 aliphatic carbocycles. The number of ether oxygens (including phenoxy) is 1. The van der Waals surface area contributed by atoms with Crippen LogP contribution >= 0.6 is 11.6 Å². The van der Waals surface area contributed by atoms with E-state index >= 15 is 0 Å². The van der Waals surface area contributed by atoms with Gasteiger partial charge in [-0.3, -0.25) is 4.79 Å². The fourth-order valence-corrected chi connectivity index (χ4v) is 1.20. The molecule has 0 heterocycles. The van der Waals surface area contributed by atoms with Crippen LogP contribution in [0.4, 0.5) is 0 Å². The van der Waals surface area contributed by atoms with E-state index in [4.69, 9.17) is 16.3 Å². The number of carbonyl (C=O) groups is 2. The molecule has 0 unspecified atom stereocenters. The number of aromatic hydroxyl groups is 1. The summed E-state index contributed by atoms with van der Waals surface area (Å²) in [5.41, 5.74) is 0.490. The van der Waals surface area contributed by atoms with Crippen LogP contribution in [0.5, 0.6) is 5.75 Å². The zero-order valence-electron chi connectivity index (χ0n) is 9.20. The summed E-state index contributed by atoms with van der Waals surface area (Å²) in [6, 6.07) is 4.02. The molecule has 1 rings (SSSR count). The van der Waals surface area contributed by atoms with E-state index in [1.54, 1.807) is 0 Å². The molecule has 1 N–H and O–H groups in total. The van der Waals surface area contributed by atoms with Crippen molar-refractivity contribution in [1.82, 2.24) is 0 Å². The van der Waals surface area contributed by atoms with Crippen LogP contribution in [-0.4, -0.2) is 23.5 Å². The molecule has 0 radical (unpaired) electrons. The highest BCUT2D eigenvalue weighted by Gasteiger charge is 2.11. The van der Waals surface area contributed by atoms with Crippen molar-refractivity contribution in [3.8, 4) is 5.75 Å². The van der Waals surface area contributed by atoms with E-state index in [9.17, 15) is 14.7 Å². The van der Waals surface area contributed by atoms with Gasteiger partial charge in [0.2, 0.25) is 0 Å². The van der Waals surface area contributed by atoms with Gasteiger partial charge in [-0.05, 0) is 25.1 Å². The van der Waals surface area contributed by atoms with Crippen LogP contribution in [0.1, 0.15) is 17.3 Å². The van der Waals surface area contributed by atoms with E-state index in [0.717, 1.165) is 0 Å². The van der Waals surface area contributed by atoms with Gasteiger partial charge in [0.25, 0.3) is 0 Å². The Bertz CT molecular complexity index is 479. The van der Waals surface area contributed by atoms with Gasteiger partial charge in [0.15, 0.2) is 12.4 Å². The van der Waals surface area contributed by atoms with Crippen molar-refractivity contribution in [1.29, 1.82) is 0 Å². The fraction of sp³-hybridized carbons (Fsp3) is 0.167. The Labute approximate surface area is 103 Å². The zero-order valence-corrected chi connectivity index (χ0v) is 9.95. The Morgan fingerprint density at radius 2 is 2.12 bits per heavy atom. The molecule has 0 saturated heterocycles. The Morgan fingerprint density at radius 3 is 2.65 bits per heavy atom. The smallest absolute Gasteiger partial charge is 0.333 e. The molecule has 17 heavy (non-hydrogen) atoms. The van der Waals surface area contributed by atoms with Gasteiger partial charge in [-0.1, -0.05) is 18.2 Å². The summed E-state index contributed by atoms with van der Waals surface area (Å²) in [6.45, 7) is 4.50. The number of phenolic OH excluding ortho intramolecular Hbond substituents is 1. The van der Waals surface area contributed by atoms with E-state index < -0.39 is 11.8 Å². The van der Waals surface area contributed by atoms with Crippen molar-refractivity contribution in [2.75, 3.05) is 6.61 Å². The van der Waals surface area contributed by atoms with E-state index in [1.807, 2.05) is 0 Å². The topological polar surface area (TPSA) is 63.6 Å². The van der Waals surface area contributed by atoms with Gasteiger partial charge in [0.05, 0.1) is 5.02 Å². The number of phenols is 1. The van der Waals surface area contributed by atoms with Crippen molar-refractivity contribution in [3.63, 3.8) is 0 Å². The maximum absolute atomic E-state index is 11.6. The minimum atomic E-state index is -0.622. The highest BCUT2D eigenvalue weighted by Crippen LogP contribution is 2.23. The first kappa shape index (κ1) is 13.3. The predicted octanol–water partition coefficient (Wildman–Crippen LogP) is 2.35. The number of esters is 1. The molecule has 0 fully saturated rings. The predicted molar refractivity (Wildman–Crippen MR) is 63.2 cm³/mol. The number of ketones is 1. The second-order valence-corrected chi connectivity index (χ2v) is 3.85. The number of hydrogen-bond donors (Lipinski definition) is 1. The molecule has 1 aromatic carbocycles. The van der Waals surface area contributed by atoms with Crippen LogP contribution in [0.15, 0.2) is 30.4 Å². The number of rotatable bonds is 4. The summed E-state index contributed by atoms with van der Waals surface area (Å²) in [4.78, 5) is 22.6. The first-order valence-corrected chi connectivity index (χ1v) is 5.14. The Balaban J connectivity index is 2.67. The van der Waals surface area contributed by atoms with Gasteiger partial charge < -0.3 is 9.84 Å². The van der Waals surface area contributed by atoms with Gasteiger partial charge in [-0.15, -0.1) is 0 Å². The average Bonchev–Trinajstić information content (AvgIpc) is 2.28. The third kappa shape index (κ3) is 3.60. The van der Waals surface area contributed by atoms with E-state index in [1.165, 1.54) is 25.1 Å². The summed E-state index contributed by atoms with van der Waals surface area (Å²) in [7, 11) is 0. The van der Waals surface area contributed by atoms with Gasteiger partial charge in [-0.25, -0.2) is 4.79 Å². The number of halogens is 1. The number of Topliss-reactive ketones (excluding diaryl/α,β-unsaturated/α-hetero) is 1. The van der Waals surface area contributed by atoms with Crippen molar-refractivity contribution >= 4 is 23.4 Å². The molecular weight excluding hydrogens is 244 g/mol. The number of benzene rings is 1. The maximum Gasteiger partial charge on any atom is 0.333 e. The van der Waals surface area contributed by atoms with Gasteiger partial charge in [0, 0.05) is 11.1 Å². The van der Waals surface area contributed by atoms with Crippen molar-refractivity contribution < 1.29 is 19.4 Å². The third-order valence-corrected chi connectivity index (χ3v) is 2.26. The van der Waals surface area contributed by atoms with E-state index in [2.05, 4.69) is 6.58 Å². The molecule has 90 valence electrons. The van der Waals surface area contributed by atoms with E-state index in [-0.39, 0.29) is 28.5 Å². The monoisotopic (exact) mass is 254 g/mol. The molecule has 4 nitrogen and oxygen atoms in total. The van der Waals surface area contributed by atoms with Gasteiger partial charge >= 0.3 is 5.97 Å². The number of carbonyl (C=O) groups excluding carboxylic acids is 2. The SMILES string of the molecule is C=C(C)C(=O)OCC(=O)c1ccc(O)c(Cl)c1. The highest BCUT2D eigenvalue weighted by atomic mass is 35.5. The maximum atomic E-state index is 11.6. The molecule has 0 atom stereocenters. The summed E-state index contributed by atoms with van der Waals surface area (Å²) < 4.78 is 4.70. The second-order valence-electron chi connectivity index (χ2n) is 3.45. The summed E-state index contributed by atoms with van der Waals surface area (Å²) in [5.74, 6) is -1.13. The molecule has 0 aliphatic heterocycles. The van der Waals surface area contributed by atoms with Crippen molar-refractivity contribution in [3.05, 3.63) is 40.9 Å². The van der Waals surface area contributed by atoms with Crippen LogP contribution in [-0.2, 0) is 9.53 Å². The summed E-state index contributed by atoms with van der Waals surface area (Å²) >= 11 is 5.65. The fourth-order valence-electron chi connectivity index (χ4n) is 1.02. The molecule has 1 aromatic rings. The molecule has 0 bridgehead atoms. The van der Waals surface area contributed by atoms with E-state index in [0.29, 0.717) is 0 Å². The standard InChI is InChI=1S/C12H11ClO4/c1-7(2)12(16)17-6-11(15)8-3-4-10(14)9(13)5-8/h3-5,14H,1,6H2,2H3. The second kappa shape index (κ2) is 5.50. The Hall–Kier alpha value is -1.81. The first-order chi connectivity index (χ1) is 7.91. The van der Waals surface area contributed by atoms with Crippen LogP contribution in [0, 0.1) is 0 Å². The van der Waals surface area contributed by atoms with Crippen LogP contribution in [0.25, 0.3) is 0 Å². The normalized spacial score (nSPS) is 9.76. The Kier molecular flexibility index (Phi) is 4.29. The van der Waals surface area contributed by atoms with Crippen LogP contribution in [0.3, 0.4) is 0 Å². The minimum Gasteiger partial charge on any atom is -0.506 e. The average molecular weight is 255 g/mol. The molecule has 0 spiro atoms. The summed E-state index contributed by atoms with van der Waals surface area (Å²) in [5, 5.41) is 9.25. The minimum absolute atomic E-state index is 0.0714. The van der Waals surface area contributed by atoms with Crippen LogP contribution in [0.2, 0.25) is 5.02 Å². The summed E-state index contributed by atoms with van der Waals surface area (Å²) in [6.07, 6.45) is 0. The van der Waals surface area contributed by atoms with Crippen LogP contribution < -0.4 is 0 Å².